The maximum Gasteiger partial charge on any atom is 0.482 e. The molecule has 1 atom stereocenters. The molecule has 14 heteroatoms. The van der Waals surface area contributed by atoms with Gasteiger partial charge in [-0.15, -0.1) is 0 Å². The van der Waals surface area contributed by atoms with Gasteiger partial charge in [0.15, 0.2) is 11.5 Å². The second-order valence-electron chi connectivity index (χ2n) is 6.99. The molecular weight excluding hydrogens is 412 g/mol. The Labute approximate surface area is 160 Å². The van der Waals surface area contributed by atoms with Crippen LogP contribution >= 0.6 is 15.4 Å². The lowest BCUT2D eigenvalue weighted by Gasteiger charge is -2.36. The van der Waals surface area contributed by atoms with Crippen LogP contribution in [0.4, 0.5) is 5.82 Å². The Morgan fingerprint density at radius 2 is 2.07 bits per heavy atom. The topological polar surface area (TPSA) is 161 Å². The van der Waals surface area contributed by atoms with Crippen molar-refractivity contribution in [2.45, 2.75) is 31.9 Å². The number of fused-ring (bicyclic) bond motifs is 1. The standard InChI is InChI=1S/C14H21N5O7P2/c1-9-4-24-28(22,25-5-9)26-27(20,21)8-23-11-2-10(3-11)19-7-18-12-13(15)16-6-17-14(12)19/h6-7,9-11H,2-5,8H2,1H3,(H,20,21)(H2,15,16,17)/t9?,10-,11+,28?. The van der Waals surface area contributed by atoms with Crippen LogP contribution in [-0.2, 0) is 27.2 Å². The van der Waals surface area contributed by atoms with E-state index in [-0.39, 0.29) is 31.3 Å². The predicted octanol–water partition coefficient (Wildman–Crippen LogP) is 2.08. The highest BCUT2D eigenvalue weighted by Crippen LogP contribution is 2.64. The summed E-state index contributed by atoms with van der Waals surface area (Å²) in [5.74, 6) is 0.345. The number of hydrogen-bond acceptors (Lipinski definition) is 10. The van der Waals surface area contributed by atoms with Gasteiger partial charge in [-0.3, -0.25) is 13.6 Å². The molecule has 2 aromatic rings. The van der Waals surface area contributed by atoms with Crippen molar-refractivity contribution in [1.29, 1.82) is 0 Å². The Kier molecular flexibility index (Phi) is 5.30. The first-order valence-corrected chi connectivity index (χ1v) is 11.9. The van der Waals surface area contributed by atoms with Crippen LogP contribution in [0.15, 0.2) is 12.7 Å². The molecule has 1 saturated heterocycles. The van der Waals surface area contributed by atoms with E-state index in [2.05, 4.69) is 15.0 Å². The fourth-order valence-electron chi connectivity index (χ4n) is 2.99. The molecule has 0 bridgehead atoms. The Hall–Kier alpha value is -1.39. The van der Waals surface area contributed by atoms with Crippen molar-refractivity contribution in [1.82, 2.24) is 19.5 Å². The first kappa shape index (κ1) is 19.9. The Balaban J connectivity index is 1.29. The van der Waals surface area contributed by atoms with E-state index < -0.39 is 21.8 Å². The molecule has 12 nitrogen and oxygen atoms in total. The lowest BCUT2D eigenvalue weighted by atomic mass is 9.89. The number of nitrogen functional groups attached to an aromatic ring is 1. The van der Waals surface area contributed by atoms with Crippen molar-refractivity contribution in [2.75, 3.05) is 25.3 Å². The molecule has 0 spiro atoms. The summed E-state index contributed by atoms with van der Waals surface area (Å²) in [5.41, 5.74) is 6.94. The molecule has 0 radical (unpaired) electrons. The fourth-order valence-corrected chi connectivity index (χ4v) is 6.15. The second kappa shape index (κ2) is 7.46. The molecule has 1 aliphatic heterocycles. The minimum absolute atomic E-state index is 0.0341. The number of phosphoric ester groups is 1. The largest absolute Gasteiger partial charge is 0.482 e. The molecule has 2 aliphatic rings. The molecule has 1 unspecified atom stereocenters. The molecule has 1 aliphatic carbocycles. The summed E-state index contributed by atoms with van der Waals surface area (Å²) in [7, 11) is -8.33. The van der Waals surface area contributed by atoms with Crippen LogP contribution in [0.2, 0.25) is 0 Å². The third kappa shape index (κ3) is 4.13. The predicted molar refractivity (Wildman–Crippen MR) is 97.3 cm³/mol. The summed E-state index contributed by atoms with van der Waals surface area (Å²) < 4.78 is 46.4. The highest BCUT2D eigenvalue weighted by molar-refractivity contribution is 7.64. The van der Waals surface area contributed by atoms with Crippen molar-refractivity contribution in [2.24, 2.45) is 5.92 Å². The number of phosphoric acid groups is 1. The Morgan fingerprint density at radius 3 is 2.79 bits per heavy atom. The number of aromatic nitrogens is 4. The number of anilines is 1. The molecule has 3 heterocycles. The normalized spacial score (nSPS) is 32.7. The van der Waals surface area contributed by atoms with Crippen molar-refractivity contribution < 1.29 is 32.1 Å². The number of nitrogens with zero attached hydrogens (tertiary/aromatic N) is 4. The third-order valence-corrected chi connectivity index (χ3v) is 7.81. The maximum absolute atomic E-state index is 12.2. The van der Waals surface area contributed by atoms with E-state index >= 15 is 0 Å². The van der Waals surface area contributed by atoms with Crippen LogP contribution in [0.5, 0.6) is 0 Å². The lowest BCUT2D eigenvalue weighted by Crippen LogP contribution is -2.33. The van der Waals surface area contributed by atoms with Gasteiger partial charge in [0, 0.05) is 12.0 Å². The van der Waals surface area contributed by atoms with Crippen molar-refractivity contribution >= 4 is 32.4 Å². The minimum Gasteiger partial charge on any atom is -0.382 e. The Bertz CT molecular complexity index is 951. The van der Waals surface area contributed by atoms with E-state index in [1.807, 2.05) is 11.5 Å². The molecular formula is C14H21N5O7P2. The zero-order valence-electron chi connectivity index (χ0n) is 15.1. The zero-order chi connectivity index (χ0) is 19.9. The van der Waals surface area contributed by atoms with Gasteiger partial charge >= 0.3 is 15.4 Å². The van der Waals surface area contributed by atoms with Crippen LogP contribution < -0.4 is 5.73 Å². The second-order valence-corrected chi connectivity index (χ2v) is 10.6. The van der Waals surface area contributed by atoms with Crippen LogP contribution in [-0.4, -0.2) is 50.1 Å². The van der Waals surface area contributed by atoms with Crippen LogP contribution in [0.1, 0.15) is 25.8 Å². The molecule has 4 rings (SSSR count). The number of rotatable bonds is 6. The number of hydrogen-bond donors (Lipinski definition) is 2. The number of nitrogens with two attached hydrogens (primary N) is 1. The summed E-state index contributed by atoms with van der Waals surface area (Å²) >= 11 is 0. The molecule has 0 aromatic carbocycles. The van der Waals surface area contributed by atoms with E-state index in [1.54, 1.807) is 6.33 Å². The van der Waals surface area contributed by atoms with Gasteiger partial charge in [0.1, 0.15) is 18.2 Å². The Morgan fingerprint density at radius 1 is 1.36 bits per heavy atom. The molecule has 3 N–H and O–H groups in total. The minimum atomic E-state index is -4.30. The zero-order valence-corrected chi connectivity index (χ0v) is 16.9. The highest BCUT2D eigenvalue weighted by atomic mass is 31.3. The third-order valence-electron chi connectivity index (χ3n) is 4.59. The molecule has 28 heavy (non-hydrogen) atoms. The molecule has 2 fully saturated rings. The maximum atomic E-state index is 12.2. The van der Waals surface area contributed by atoms with Gasteiger partial charge in [-0.2, -0.15) is 0 Å². The summed E-state index contributed by atoms with van der Waals surface area (Å²) in [6, 6.07) is 0.0770. The first-order valence-electron chi connectivity index (χ1n) is 8.71. The van der Waals surface area contributed by atoms with E-state index in [9.17, 15) is 14.0 Å². The molecule has 1 saturated carbocycles. The van der Waals surface area contributed by atoms with E-state index in [1.165, 1.54) is 6.33 Å². The van der Waals surface area contributed by atoms with Gasteiger partial charge in [0.2, 0.25) is 0 Å². The van der Waals surface area contributed by atoms with Crippen LogP contribution in [0.3, 0.4) is 0 Å². The van der Waals surface area contributed by atoms with Gasteiger partial charge in [-0.1, -0.05) is 6.92 Å². The van der Waals surface area contributed by atoms with Crippen molar-refractivity contribution in [3.63, 3.8) is 0 Å². The van der Waals surface area contributed by atoms with E-state index in [4.69, 9.17) is 23.8 Å². The quantitative estimate of drug-likeness (QED) is 0.642. The van der Waals surface area contributed by atoms with Crippen LogP contribution in [0, 0.1) is 5.92 Å². The van der Waals surface area contributed by atoms with Crippen molar-refractivity contribution in [3.8, 4) is 0 Å². The fraction of sp³-hybridized carbons (Fsp3) is 0.643. The van der Waals surface area contributed by atoms with Gasteiger partial charge in [-0.25, -0.2) is 23.8 Å². The summed E-state index contributed by atoms with van der Waals surface area (Å²) in [5, 5.41) is 0. The van der Waals surface area contributed by atoms with Gasteiger partial charge in [0.05, 0.1) is 25.6 Å². The first-order chi connectivity index (χ1) is 13.2. The lowest BCUT2D eigenvalue weighted by molar-refractivity contribution is -0.0104. The molecule has 154 valence electrons. The van der Waals surface area contributed by atoms with E-state index in [0.717, 1.165) is 0 Å². The van der Waals surface area contributed by atoms with Gasteiger partial charge in [-0.05, 0) is 12.8 Å². The number of imidazole rings is 1. The molecule has 2 aromatic heterocycles. The van der Waals surface area contributed by atoms with Crippen LogP contribution in [0.25, 0.3) is 11.2 Å². The SMILES string of the molecule is CC1COP(=O)(OP(=O)(O)CO[C@H]2C[C@@H](n3cnc4c(N)ncnc43)C2)OC1. The van der Waals surface area contributed by atoms with Gasteiger partial charge in [0.25, 0.3) is 0 Å². The van der Waals surface area contributed by atoms with Crippen molar-refractivity contribution in [3.05, 3.63) is 12.7 Å². The highest BCUT2D eigenvalue weighted by Gasteiger charge is 2.41. The summed E-state index contributed by atoms with van der Waals surface area (Å²) in [6.45, 7) is 2.10. The average Bonchev–Trinajstić information content (AvgIpc) is 3.01. The monoisotopic (exact) mass is 433 g/mol. The number of ether oxygens (including phenoxy) is 1. The summed E-state index contributed by atoms with van der Waals surface area (Å²) in [6.07, 6.45) is 3.35. The smallest absolute Gasteiger partial charge is 0.382 e. The van der Waals surface area contributed by atoms with Gasteiger partial charge < -0.3 is 19.9 Å². The average molecular weight is 433 g/mol. The summed E-state index contributed by atoms with van der Waals surface area (Å²) in [4.78, 5) is 22.2. The molecule has 0 amide bonds. The van der Waals surface area contributed by atoms with E-state index in [0.29, 0.717) is 29.8 Å².